The van der Waals surface area contributed by atoms with Gasteiger partial charge in [-0.15, -0.1) is 0 Å². The first-order valence-electron chi connectivity index (χ1n) is 9.26. The zero-order valence-electron chi connectivity index (χ0n) is 15.9. The van der Waals surface area contributed by atoms with E-state index in [2.05, 4.69) is 5.32 Å². The van der Waals surface area contributed by atoms with E-state index in [4.69, 9.17) is 4.74 Å². The number of ether oxygens (including phenoxy) is 1. The minimum atomic E-state index is -0.511. The maximum Gasteiger partial charge on any atom is 0.232 e. The number of anilines is 1. The molecule has 0 aliphatic carbocycles. The summed E-state index contributed by atoms with van der Waals surface area (Å²) in [5.74, 6) is 1.05. The fourth-order valence-corrected chi connectivity index (χ4v) is 3.58. The summed E-state index contributed by atoms with van der Waals surface area (Å²) in [5, 5.41) is 3.56. The van der Waals surface area contributed by atoms with Crippen LogP contribution in [0.15, 0.2) is 54.6 Å². The Balaban J connectivity index is 1.66. The van der Waals surface area contributed by atoms with Gasteiger partial charge in [-0.2, -0.15) is 0 Å². The summed E-state index contributed by atoms with van der Waals surface area (Å²) < 4.78 is 5.21. The van der Waals surface area contributed by atoms with Gasteiger partial charge >= 0.3 is 0 Å². The number of hydrogen-bond acceptors (Lipinski definition) is 3. The van der Waals surface area contributed by atoms with Crippen molar-refractivity contribution in [1.29, 1.82) is 0 Å². The van der Waals surface area contributed by atoms with E-state index in [9.17, 15) is 4.79 Å². The lowest BCUT2D eigenvalue weighted by Crippen LogP contribution is -2.50. The van der Waals surface area contributed by atoms with E-state index < -0.39 is 5.41 Å². The summed E-state index contributed by atoms with van der Waals surface area (Å²) in [5.41, 5.74) is 1.62. The van der Waals surface area contributed by atoms with Crippen LogP contribution in [0.25, 0.3) is 0 Å². The molecule has 4 heteroatoms. The number of methoxy groups -OCH3 is 1. The van der Waals surface area contributed by atoms with Crippen LogP contribution in [0, 0.1) is 0 Å². The minimum absolute atomic E-state index is 0.199. The van der Waals surface area contributed by atoms with E-state index in [0.29, 0.717) is 0 Å². The third-order valence-electron chi connectivity index (χ3n) is 5.20. The number of rotatable bonds is 5. The molecule has 1 unspecified atom stereocenters. The number of benzene rings is 2. The molecule has 4 nitrogen and oxygen atoms in total. The van der Waals surface area contributed by atoms with Crippen LogP contribution in [-0.4, -0.2) is 37.0 Å². The molecule has 1 N–H and O–H groups in total. The predicted octanol–water partition coefficient (Wildman–Crippen LogP) is 4.08. The van der Waals surface area contributed by atoms with Crippen molar-refractivity contribution in [1.82, 2.24) is 4.90 Å². The van der Waals surface area contributed by atoms with Crippen molar-refractivity contribution >= 4 is 11.6 Å². The maximum atomic E-state index is 13.2. The lowest BCUT2D eigenvalue weighted by atomic mass is 9.82. The third kappa shape index (κ3) is 4.01. The van der Waals surface area contributed by atoms with Crippen LogP contribution in [-0.2, 0) is 10.2 Å². The smallest absolute Gasteiger partial charge is 0.232 e. The number of nitrogens with one attached hydrogen (secondary N) is 1. The molecule has 3 rings (SSSR count). The Morgan fingerprint density at radius 3 is 2.46 bits per heavy atom. The normalized spacial score (nSPS) is 17.7. The second kappa shape index (κ2) is 7.81. The Hall–Kier alpha value is -2.49. The molecule has 1 amide bonds. The fraction of sp³-hybridized carbons (Fsp3) is 0.409. The molecule has 1 saturated heterocycles. The fourth-order valence-electron chi connectivity index (χ4n) is 3.58. The molecule has 0 aromatic heterocycles. The topological polar surface area (TPSA) is 41.6 Å². The second-order valence-electron chi connectivity index (χ2n) is 7.45. The zero-order valence-corrected chi connectivity index (χ0v) is 15.9. The molecular formula is C22H28N2O2. The van der Waals surface area contributed by atoms with E-state index in [1.165, 1.54) is 0 Å². The lowest BCUT2D eigenvalue weighted by Gasteiger charge is -2.38. The van der Waals surface area contributed by atoms with Gasteiger partial charge in [0, 0.05) is 24.8 Å². The minimum Gasteiger partial charge on any atom is -0.497 e. The average molecular weight is 352 g/mol. The van der Waals surface area contributed by atoms with Crippen molar-refractivity contribution in [3.63, 3.8) is 0 Å². The van der Waals surface area contributed by atoms with Crippen LogP contribution in [0.2, 0.25) is 0 Å². The van der Waals surface area contributed by atoms with Gasteiger partial charge in [-0.05, 0) is 56.5 Å². The van der Waals surface area contributed by atoms with E-state index in [-0.39, 0.29) is 11.9 Å². The molecule has 138 valence electrons. The summed E-state index contributed by atoms with van der Waals surface area (Å²) in [6.07, 6.45) is 2.09. The molecule has 0 radical (unpaired) electrons. The Labute approximate surface area is 156 Å². The summed E-state index contributed by atoms with van der Waals surface area (Å²) in [7, 11) is 1.67. The van der Waals surface area contributed by atoms with Gasteiger partial charge in [0.05, 0.1) is 12.5 Å². The van der Waals surface area contributed by atoms with Gasteiger partial charge < -0.3 is 15.0 Å². The van der Waals surface area contributed by atoms with Gasteiger partial charge in [0.1, 0.15) is 5.75 Å². The van der Waals surface area contributed by atoms with Crippen LogP contribution >= 0.6 is 0 Å². The number of likely N-dealkylation sites (tertiary alicyclic amines) is 1. The summed E-state index contributed by atoms with van der Waals surface area (Å²) in [6.45, 7) is 5.60. The molecule has 0 saturated carbocycles. The molecule has 1 atom stereocenters. The SMILES string of the molecule is COc1ccc(NC2CCCN(C(=O)C(C)(C)c3ccccc3)C2)cc1. The summed E-state index contributed by atoms with van der Waals surface area (Å²) in [4.78, 5) is 15.2. The molecular weight excluding hydrogens is 324 g/mol. The standard InChI is InChI=1S/C22H28N2O2/c1-22(2,17-8-5-4-6-9-17)21(25)24-15-7-10-19(16-24)23-18-11-13-20(26-3)14-12-18/h4-6,8-9,11-14,19,23H,7,10,15-16H2,1-3H3. The van der Waals surface area contributed by atoms with Gasteiger partial charge in [-0.3, -0.25) is 4.79 Å². The highest BCUT2D eigenvalue weighted by Gasteiger charge is 2.35. The second-order valence-corrected chi connectivity index (χ2v) is 7.45. The van der Waals surface area contributed by atoms with Gasteiger partial charge in [0.25, 0.3) is 0 Å². The number of amides is 1. The molecule has 2 aromatic carbocycles. The highest BCUT2D eigenvalue weighted by Crippen LogP contribution is 2.28. The number of hydrogen-bond donors (Lipinski definition) is 1. The van der Waals surface area contributed by atoms with Crippen molar-refractivity contribution in [2.45, 2.75) is 38.1 Å². The first kappa shape index (κ1) is 18.3. The predicted molar refractivity (Wildman–Crippen MR) is 106 cm³/mol. The first-order valence-corrected chi connectivity index (χ1v) is 9.26. The van der Waals surface area contributed by atoms with Crippen molar-refractivity contribution in [2.75, 3.05) is 25.5 Å². The van der Waals surface area contributed by atoms with Crippen LogP contribution in [0.5, 0.6) is 5.75 Å². The Kier molecular flexibility index (Phi) is 5.50. The molecule has 26 heavy (non-hydrogen) atoms. The maximum absolute atomic E-state index is 13.2. The van der Waals surface area contributed by atoms with Crippen molar-refractivity contribution in [3.05, 3.63) is 60.2 Å². The first-order chi connectivity index (χ1) is 12.5. The van der Waals surface area contributed by atoms with Gasteiger partial charge in [-0.1, -0.05) is 30.3 Å². The van der Waals surface area contributed by atoms with Crippen molar-refractivity contribution in [2.24, 2.45) is 0 Å². The van der Waals surface area contributed by atoms with E-state index in [1.807, 2.05) is 73.3 Å². The van der Waals surface area contributed by atoms with Gasteiger partial charge in [-0.25, -0.2) is 0 Å². The van der Waals surface area contributed by atoms with E-state index >= 15 is 0 Å². The molecule has 1 fully saturated rings. The quantitative estimate of drug-likeness (QED) is 0.882. The summed E-state index contributed by atoms with van der Waals surface area (Å²) >= 11 is 0. The molecule has 0 spiro atoms. The molecule has 1 aliphatic rings. The molecule has 1 heterocycles. The zero-order chi connectivity index (χ0) is 18.6. The Morgan fingerprint density at radius 2 is 1.81 bits per heavy atom. The number of piperidine rings is 1. The molecule has 0 bridgehead atoms. The number of carbonyl (C=O) groups is 1. The van der Waals surface area contributed by atoms with Crippen LogP contribution in [0.4, 0.5) is 5.69 Å². The molecule has 2 aromatic rings. The highest BCUT2D eigenvalue weighted by molar-refractivity contribution is 5.87. The van der Waals surface area contributed by atoms with E-state index in [1.54, 1.807) is 7.11 Å². The lowest BCUT2D eigenvalue weighted by molar-refractivity contribution is -0.137. The van der Waals surface area contributed by atoms with Crippen LogP contribution in [0.3, 0.4) is 0 Å². The Morgan fingerprint density at radius 1 is 1.12 bits per heavy atom. The van der Waals surface area contributed by atoms with E-state index in [0.717, 1.165) is 42.9 Å². The van der Waals surface area contributed by atoms with Gasteiger partial charge in [0.15, 0.2) is 0 Å². The highest BCUT2D eigenvalue weighted by atomic mass is 16.5. The van der Waals surface area contributed by atoms with Crippen molar-refractivity contribution < 1.29 is 9.53 Å². The molecule has 1 aliphatic heterocycles. The number of carbonyl (C=O) groups excluding carboxylic acids is 1. The largest absolute Gasteiger partial charge is 0.497 e. The third-order valence-corrected chi connectivity index (χ3v) is 5.20. The van der Waals surface area contributed by atoms with Crippen LogP contribution in [0.1, 0.15) is 32.3 Å². The van der Waals surface area contributed by atoms with Crippen LogP contribution < -0.4 is 10.1 Å². The van der Waals surface area contributed by atoms with Crippen molar-refractivity contribution in [3.8, 4) is 5.75 Å². The Bertz CT molecular complexity index is 726. The number of nitrogens with zero attached hydrogens (tertiary/aromatic N) is 1. The average Bonchev–Trinajstić information content (AvgIpc) is 2.69. The van der Waals surface area contributed by atoms with Gasteiger partial charge in [0.2, 0.25) is 5.91 Å². The summed E-state index contributed by atoms with van der Waals surface area (Å²) in [6, 6.07) is 18.3. The monoisotopic (exact) mass is 352 g/mol.